The Morgan fingerprint density at radius 3 is 2.79 bits per heavy atom. The van der Waals surface area contributed by atoms with Gasteiger partial charge in [-0.2, -0.15) is 0 Å². The Kier molecular flexibility index (Phi) is 2.49. The van der Waals surface area contributed by atoms with E-state index in [1.165, 1.54) is 6.92 Å². The minimum atomic E-state index is -0.221. The van der Waals surface area contributed by atoms with Crippen LogP contribution in [0, 0.1) is 0 Å². The van der Waals surface area contributed by atoms with E-state index >= 15 is 0 Å². The summed E-state index contributed by atoms with van der Waals surface area (Å²) in [4.78, 5) is 13.1. The number of likely N-dealkylation sites (N-methyl/N-ethyl adjacent to an activating group) is 1. The molecule has 2 aliphatic rings. The molecular weight excluding hydrogens is 182 g/mol. The van der Waals surface area contributed by atoms with Gasteiger partial charge >= 0.3 is 5.97 Å². The van der Waals surface area contributed by atoms with Crippen LogP contribution >= 0.6 is 0 Å². The molecule has 0 aromatic heterocycles. The zero-order chi connectivity index (χ0) is 10.3. The predicted octanol–water partition coefficient (Wildman–Crippen LogP) is 0.145. The fraction of sp³-hybridized carbons (Fsp3) is 0.900. The molecule has 4 heteroatoms. The van der Waals surface area contributed by atoms with E-state index in [1.807, 2.05) is 7.05 Å². The molecule has 2 saturated heterocycles. The van der Waals surface area contributed by atoms with Gasteiger partial charge in [-0.15, -0.1) is 0 Å². The van der Waals surface area contributed by atoms with Crippen LogP contribution in [-0.2, 0) is 9.53 Å². The summed E-state index contributed by atoms with van der Waals surface area (Å²) in [5, 5.41) is 9.59. The van der Waals surface area contributed by atoms with Crippen LogP contribution in [0.5, 0.6) is 0 Å². The minimum absolute atomic E-state index is 0.0142. The molecule has 0 spiro atoms. The highest BCUT2D eigenvalue weighted by molar-refractivity contribution is 5.66. The standard InChI is InChI=1S/C10H17NO3/c1-6(12)14-10-4-7-3-8(13)5-9(10)11(7)2/h7-10,13H,3-5H2,1-2H3/t7-,8?,9+,10?/m0/s1. The Morgan fingerprint density at radius 2 is 2.14 bits per heavy atom. The third-order valence-corrected chi connectivity index (χ3v) is 3.41. The number of ether oxygens (including phenoxy) is 1. The Hall–Kier alpha value is -0.610. The molecule has 2 bridgehead atoms. The summed E-state index contributed by atoms with van der Waals surface area (Å²) >= 11 is 0. The van der Waals surface area contributed by atoms with Crippen molar-refractivity contribution in [3.05, 3.63) is 0 Å². The molecule has 1 N–H and O–H groups in total. The summed E-state index contributed by atoms with van der Waals surface area (Å²) in [6.07, 6.45) is 2.18. The van der Waals surface area contributed by atoms with E-state index in [1.54, 1.807) is 0 Å². The fourth-order valence-corrected chi connectivity index (χ4v) is 2.73. The lowest BCUT2D eigenvalue weighted by atomic mass is 10.0. The van der Waals surface area contributed by atoms with Gasteiger partial charge in [-0.3, -0.25) is 9.69 Å². The number of rotatable bonds is 1. The van der Waals surface area contributed by atoms with Crippen LogP contribution in [0.2, 0.25) is 0 Å². The van der Waals surface area contributed by atoms with E-state index in [9.17, 15) is 9.90 Å². The van der Waals surface area contributed by atoms with Gasteiger partial charge in [0.15, 0.2) is 0 Å². The first kappa shape index (κ1) is 9.93. The maximum absolute atomic E-state index is 10.9. The van der Waals surface area contributed by atoms with Crippen LogP contribution in [0.4, 0.5) is 0 Å². The van der Waals surface area contributed by atoms with Gasteiger partial charge < -0.3 is 9.84 Å². The molecule has 0 amide bonds. The van der Waals surface area contributed by atoms with Crippen LogP contribution < -0.4 is 0 Å². The van der Waals surface area contributed by atoms with Gasteiger partial charge in [0.1, 0.15) is 6.10 Å². The van der Waals surface area contributed by atoms with Gasteiger partial charge in [0.2, 0.25) is 0 Å². The number of esters is 1. The molecule has 2 unspecified atom stereocenters. The van der Waals surface area contributed by atoms with Gasteiger partial charge in [0, 0.05) is 25.4 Å². The number of nitrogens with zero attached hydrogens (tertiary/aromatic N) is 1. The van der Waals surface area contributed by atoms with E-state index in [0.29, 0.717) is 6.04 Å². The summed E-state index contributed by atoms with van der Waals surface area (Å²) in [7, 11) is 2.05. The number of hydrogen-bond donors (Lipinski definition) is 1. The van der Waals surface area contributed by atoms with Crippen molar-refractivity contribution in [3.63, 3.8) is 0 Å². The van der Waals surface area contributed by atoms with Crippen LogP contribution in [0.1, 0.15) is 26.2 Å². The van der Waals surface area contributed by atoms with Crippen LogP contribution in [0.25, 0.3) is 0 Å². The van der Waals surface area contributed by atoms with E-state index in [2.05, 4.69) is 4.90 Å². The Balaban J connectivity index is 2.05. The normalized spacial score (nSPS) is 42.5. The second-order valence-electron chi connectivity index (χ2n) is 4.40. The summed E-state index contributed by atoms with van der Waals surface area (Å²) in [5.41, 5.74) is 0. The molecule has 0 radical (unpaired) electrons. The molecule has 4 nitrogen and oxygen atoms in total. The van der Waals surface area contributed by atoms with E-state index in [4.69, 9.17) is 4.74 Å². The predicted molar refractivity (Wildman–Crippen MR) is 50.8 cm³/mol. The topological polar surface area (TPSA) is 49.8 Å². The quantitative estimate of drug-likeness (QED) is 0.610. The van der Waals surface area contributed by atoms with Crippen LogP contribution in [0.15, 0.2) is 0 Å². The lowest BCUT2D eigenvalue weighted by Crippen LogP contribution is -2.44. The lowest BCUT2D eigenvalue weighted by Gasteiger charge is -2.34. The van der Waals surface area contributed by atoms with Crippen molar-refractivity contribution in [2.75, 3.05) is 7.05 Å². The maximum Gasteiger partial charge on any atom is 0.302 e. The van der Waals surface area contributed by atoms with E-state index < -0.39 is 0 Å². The fourth-order valence-electron chi connectivity index (χ4n) is 2.73. The van der Waals surface area contributed by atoms with Crippen molar-refractivity contribution in [1.82, 2.24) is 4.90 Å². The third kappa shape index (κ3) is 1.64. The highest BCUT2D eigenvalue weighted by Gasteiger charge is 2.45. The number of fused-ring (bicyclic) bond motifs is 2. The molecule has 0 aromatic carbocycles. The molecule has 2 rings (SSSR count). The SMILES string of the molecule is CC(=O)OC1C[C@@H]2CC(O)C[C@H]1N2C. The second kappa shape index (κ2) is 3.51. The molecule has 2 heterocycles. The average molecular weight is 199 g/mol. The molecule has 0 aromatic rings. The molecular formula is C10H17NO3. The van der Waals surface area contributed by atoms with Gasteiger partial charge in [-0.1, -0.05) is 0 Å². The highest BCUT2D eigenvalue weighted by Crippen LogP contribution is 2.36. The van der Waals surface area contributed by atoms with Crippen LogP contribution in [-0.4, -0.2) is 47.3 Å². The Morgan fingerprint density at radius 1 is 1.43 bits per heavy atom. The molecule has 80 valence electrons. The molecule has 14 heavy (non-hydrogen) atoms. The van der Waals surface area contributed by atoms with Crippen molar-refractivity contribution in [1.29, 1.82) is 0 Å². The lowest BCUT2D eigenvalue weighted by molar-refractivity contribution is -0.147. The van der Waals surface area contributed by atoms with Crippen molar-refractivity contribution in [2.24, 2.45) is 0 Å². The van der Waals surface area contributed by atoms with Crippen molar-refractivity contribution in [2.45, 2.75) is 50.5 Å². The monoisotopic (exact) mass is 199 g/mol. The van der Waals surface area contributed by atoms with Gasteiger partial charge in [0.05, 0.1) is 6.10 Å². The van der Waals surface area contributed by atoms with E-state index in [0.717, 1.165) is 19.3 Å². The summed E-state index contributed by atoms with van der Waals surface area (Å²) in [5.74, 6) is -0.217. The summed E-state index contributed by atoms with van der Waals surface area (Å²) in [6.45, 7) is 1.44. The smallest absolute Gasteiger partial charge is 0.302 e. The Bertz CT molecular complexity index is 244. The first-order valence-electron chi connectivity index (χ1n) is 5.15. The summed E-state index contributed by atoms with van der Waals surface area (Å²) in [6, 6.07) is 0.598. The van der Waals surface area contributed by atoms with Crippen molar-refractivity contribution < 1.29 is 14.6 Å². The van der Waals surface area contributed by atoms with E-state index in [-0.39, 0.29) is 24.2 Å². The third-order valence-electron chi connectivity index (χ3n) is 3.41. The molecule has 0 aliphatic carbocycles. The molecule has 0 saturated carbocycles. The molecule has 2 aliphatic heterocycles. The number of aliphatic hydroxyl groups excluding tert-OH is 1. The highest BCUT2D eigenvalue weighted by atomic mass is 16.5. The molecule has 2 fully saturated rings. The van der Waals surface area contributed by atoms with Crippen molar-refractivity contribution >= 4 is 5.97 Å². The first-order valence-corrected chi connectivity index (χ1v) is 5.15. The maximum atomic E-state index is 10.9. The number of carbonyl (C=O) groups is 1. The zero-order valence-corrected chi connectivity index (χ0v) is 8.64. The summed E-state index contributed by atoms with van der Waals surface area (Å²) < 4.78 is 5.25. The second-order valence-corrected chi connectivity index (χ2v) is 4.40. The van der Waals surface area contributed by atoms with Gasteiger partial charge in [-0.25, -0.2) is 0 Å². The largest absolute Gasteiger partial charge is 0.461 e. The minimum Gasteiger partial charge on any atom is -0.461 e. The van der Waals surface area contributed by atoms with Gasteiger partial charge in [-0.05, 0) is 19.9 Å². The number of hydrogen-bond acceptors (Lipinski definition) is 4. The van der Waals surface area contributed by atoms with Crippen LogP contribution in [0.3, 0.4) is 0 Å². The Labute approximate surface area is 83.8 Å². The van der Waals surface area contributed by atoms with Gasteiger partial charge in [0.25, 0.3) is 0 Å². The number of aliphatic hydroxyl groups is 1. The average Bonchev–Trinajstić information content (AvgIpc) is 2.30. The van der Waals surface area contributed by atoms with Crippen molar-refractivity contribution in [3.8, 4) is 0 Å². The first-order chi connectivity index (χ1) is 6.58. The molecule has 4 atom stereocenters. The number of piperidine rings is 1. The zero-order valence-electron chi connectivity index (χ0n) is 8.64. The number of carbonyl (C=O) groups excluding carboxylic acids is 1.